The van der Waals surface area contributed by atoms with Crippen LogP contribution < -0.4 is 5.32 Å². The predicted octanol–water partition coefficient (Wildman–Crippen LogP) is 2.02. The van der Waals surface area contributed by atoms with Gasteiger partial charge in [-0.25, -0.2) is 0 Å². The topological polar surface area (TPSA) is 32.3 Å². The van der Waals surface area contributed by atoms with Crippen molar-refractivity contribution in [3.05, 3.63) is 0 Å². The van der Waals surface area contributed by atoms with Crippen molar-refractivity contribution >= 4 is 11.8 Å². The molecule has 0 bridgehead atoms. The molecule has 14 heavy (non-hydrogen) atoms. The van der Waals surface area contributed by atoms with Crippen molar-refractivity contribution in [2.45, 2.75) is 50.4 Å². The quantitative estimate of drug-likeness (QED) is 0.714. The Labute approximate surface area is 91.9 Å². The molecule has 0 aromatic rings. The highest BCUT2D eigenvalue weighted by molar-refractivity contribution is 7.99. The van der Waals surface area contributed by atoms with Crippen molar-refractivity contribution in [1.29, 1.82) is 0 Å². The second-order valence-electron chi connectivity index (χ2n) is 4.05. The molecule has 2 nitrogen and oxygen atoms in total. The number of aliphatic hydroxyl groups excluding tert-OH is 1. The van der Waals surface area contributed by atoms with Crippen LogP contribution in [-0.2, 0) is 0 Å². The smallest absolute Gasteiger partial charge is 0.0754 e. The Hall–Kier alpha value is 0.270. The van der Waals surface area contributed by atoms with Crippen LogP contribution in [0.1, 0.15) is 39.0 Å². The van der Waals surface area contributed by atoms with Crippen LogP contribution in [-0.4, -0.2) is 35.3 Å². The third kappa shape index (κ3) is 5.23. The number of rotatable bonds is 6. The van der Waals surface area contributed by atoms with Crippen molar-refractivity contribution < 1.29 is 5.11 Å². The van der Waals surface area contributed by atoms with Gasteiger partial charge in [0.25, 0.3) is 0 Å². The fourth-order valence-corrected chi connectivity index (χ4v) is 3.13. The monoisotopic (exact) mass is 217 g/mol. The van der Waals surface area contributed by atoms with Crippen molar-refractivity contribution in [3.63, 3.8) is 0 Å². The average Bonchev–Trinajstić information content (AvgIpc) is 2.25. The Kier molecular flexibility index (Phi) is 6.65. The van der Waals surface area contributed by atoms with Crippen LogP contribution >= 0.6 is 11.8 Å². The first-order valence-corrected chi connectivity index (χ1v) is 6.88. The summed E-state index contributed by atoms with van der Waals surface area (Å²) in [6.45, 7) is 3.77. The highest BCUT2D eigenvalue weighted by Gasteiger charge is 2.15. The van der Waals surface area contributed by atoms with Crippen LogP contribution in [0.15, 0.2) is 0 Å². The lowest BCUT2D eigenvalue weighted by molar-refractivity contribution is 0.196. The van der Waals surface area contributed by atoms with Gasteiger partial charge in [-0.15, -0.1) is 0 Å². The molecule has 0 amide bonds. The summed E-state index contributed by atoms with van der Waals surface area (Å²) in [5.41, 5.74) is 0. The summed E-state index contributed by atoms with van der Waals surface area (Å²) in [4.78, 5) is 0. The minimum atomic E-state index is -0.165. The molecule has 84 valence electrons. The molecule has 1 aliphatic rings. The van der Waals surface area contributed by atoms with E-state index in [9.17, 15) is 5.11 Å². The lowest BCUT2D eigenvalue weighted by Gasteiger charge is -2.22. The molecule has 1 aliphatic carbocycles. The van der Waals surface area contributed by atoms with Crippen molar-refractivity contribution in [1.82, 2.24) is 5.32 Å². The van der Waals surface area contributed by atoms with Gasteiger partial charge in [0.2, 0.25) is 0 Å². The molecule has 0 heterocycles. The van der Waals surface area contributed by atoms with Gasteiger partial charge in [-0.05, 0) is 19.4 Å². The van der Waals surface area contributed by atoms with Gasteiger partial charge >= 0.3 is 0 Å². The molecule has 1 saturated carbocycles. The summed E-state index contributed by atoms with van der Waals surface area (Å²) in [6.07, 6.45) is 6.75. The van der Waals surface area contributed by atoms with Crippen LogP contribution in [0.25, 0.3) is 0 Å². The van der Waals surface area contributed by atoms with E-state index >= 15 is 0 Å². The molecule has 3 heteroatoms. The number of aliphatic hydroxyl groups is 1. The van der Waals surface area contributed by atoms with E-state index < -0.39 is 0 Å². The molecule has 1 atom stereocenters. The zero-order chi connectivity index (χ0) is 10.2. The van der Waals surface area contributed by atoms with E-state index in [4.69, 9.17) is 0 Å². The third-order valence-electron chi connectivity index (χ3n) is 2.71. The number of nitrogens with one attached hydrogen (secondary N) is 1. The van der Waals surface area contributed by atoms with Gasteiger partial charge in [-0.3, -0.25) is 0 Å². The van der Waals surface area contributed by atoms with Gasteiger partial charge in [-0.1, -0.05) is 26.2 Å². The molecule has 0 aliphatic heterocycles. The van der Waals surface area contributed by atoms with Gasteiger partial charge in [0.05, 0.1) is 6.10 Å². The van der Waals surface area contributed by atoms with E-state index in [1.807, 2.05) is 11.8 Å². The molecule has 1 rings (SSSR count). The first kappa shape index (κ1) is 12.3. The minimum Gasteiger partial charge on any atom is -0.391 e. The normalized spacial score (nSPS) is 21.0. The lowest BCUT2D eigenvalue weighted by atomic mass is 10.0. The highest BCUT2D eigenvalue weighted by atomic mass is 32.2. The highest BCUT2D eigenvalue weighted by Crippen LogP contribution is 2.28. The maximum Gasteiger partial charge on any atom is 0.0754 e. The molecular formula is C11H23NOS. The largest absolute Gasteiger partial charge is 0.391 e. The first-order valence-electron chi connectivity index (χ1n) is 5.83. The van der Waals surface area contributed by atoms with E-state index in [2.05, 4.69) is 12.2 Å². The summed E-state index contributed by atoms with van der Waals surface area (Å²) < 4.78 is 0. The Bertz CT molecular complexity index is 137. The second-order valence-corrected chi connectivity index (χ2v) is 5.39. The summed E-state index contributed by atoms with van der Waals surface area (Å²) in [5.74, 6) is 0.900. The van der Waals surface area contributed by atoms with Crippen LogP contribution in [0.2, 0.25) is 0 Å². The summed E-state index contributed by atoms with van der Waals surface area (Å²) in [6, 6.07) is 0. The fourth-order valence-electron chi connectivity index (χ4n) is 1.85. The van der Waals surface area contributed by atoms with Crippen molar-refractivity contribution in [2.75, 3.05) is 18.8 Å². The fraction of sp³-hybridized carbons (Fsp3) is 1.00. The maximum atomic E-state index is 9.63. The van der Waals surface area contributed by atoms with E-state index in [1.165, 1.54) is 32.1 Å². The Morgan fingerprint density at radius 1 is 1.36 bits per heavy atom. The van der Waals surface area contributed by atoms with E-state index in [1.54, 1.807) is 0 Å². The van der Waals surface area contributed by atoms with E-state index in [-0.39, 0.29) is 6.10 Å². The Morgan fingerprint density at radius 2 is 2.07 bits per heavy atom. The van der Waals surface area contributed by atoms with E-state index in [0.717, 1.165) is 24.1 Å². The molecule has 0 radical (unpaired) electrons. The molecule has 1 unspecified atom stereocenters. The third-order valence-corrected chi connectivity index (χ3v) is 4.23. The lowest BCUT2D eigenvalue weighted by Crippen LogP contribution is -2.29. The van der Waals surface area contributed by atoms with Gasteiger partial charge in [-0.2, -0.15) is 11.8 Å². The van der Waals surface area contributed by atoms with Crippen LogP contribution in [0.5, 0.6) is 0 Å². The van der Waals surface area contributed by atoms with Gasteiger partial charge < -0.3 is 10.4 Å². The average molecular weight is 217 g/mol. The molecule has 2 N–H and O–H groups in total. The summed E-state index contributed by atoms with van der Waals surface area (Å²) in [5, 5.41) is 13.6. The van der Waals surface area contributed by atoms with Gasteiger partial charge in [0.1, 0.15) is 0 Å². The molecule has 0 saturated heterocycles. The number of thioether (sulfide) groups is 1. The molecular weight excluding hydrogens is 194 g/mol. The first-order chi connectivity index (χ1) is 6.83. The van der Waals surface area contributed by atoms with Crippen LogP contribution in [0.3, 0.4) is 0 Å². The second kappa shape index (κ2) is 7.55. The minimum absolute atomic E-state index is 0.165. The zero-order valence-corrected chi connectivity index (χ0v) is 9.98. The zero-order valence-electron chi connectivity index (χ0n) is 9.17. The van der Waals surface area contributed by atoms with Crippen molar-refractivity contribution in [2.24, 2.45) is 0 Å². The molecule has 0 spiro atoms. The summed E-state index contributed by atoms with van der Waals surface area (Å²) >= 11 is 1.97. The van der Waals surface area contributed by atoms with Gasteiger partial charge in [0.15, 0.2) is 0 Å². The maximum absolute atomic E-state index is 9.63. The Morgan fingerprint density at radius 3 is 2.71 bits per heavy atom. The van der Waals surface area contributed by atoms with Crippen molar-refractivity contribution in [3.8, 4) is 0 Å². The number of hydrogen-bond donors (Lipinski definition) is 2. The standard InChI is InChI=1S/C11H23NOS/c1-2-12-8-10(13)9-14-11-6-4-3-5-7-11/h10-13H,2-9H2,1H3. The molecule has 0 aromatic carbocycles. The SMILES string of the molecule is CCNCC(O)CSC1CCCCC1. The summed E-state index contributed by atoms with van der Waals surface area (Å²) in [7, 11) is 0. The molecule has 1 fully saturated rings. The Balaban J connectivity index is 2.00. The molecule has 0 aromatic heterocycles. The van der Waals surface area contributed by atoms with Gasteiger partial charge in [0, 0.05) is 17.5 Å². The predicted molar refractivity (Wildman–Crippen MR) is 63.9 cm³/mol. The van der Waals surface area contributed by atoms with Crippen LogP contribution in [0.4, 0.5) is 0 Å². The van der Waals surface area contributed by atoms with E-state index in [0.29, 0.717) is 0 Å². The number of likely N-dealkylation sites (N-methyl/N-ethyl adjacent to an activating group) is 1. The number of hydrogen-bond acceptors (Lipinski definition) is 3. The van der Waals surface area contributed by atoms with Crippen LogP contribution in [0, 0.1) is 0 Å².